The van der Waals surface area contributed by atoms with Crippen molar-refractivity contribution in [2.75, 3.05) is 18.5 Å². The van der Waals surface area contributed by atoms with Gasteiger partial charge in [0.15, 0.2) is 0 Å². The minimum atomic E-state index is -0.218. The number of para-hydroxylation sites is 1. The third-order valence-electron chi connectivity index (χ3n) is 2.99. The molecule has 2 rings (SSSR count). The van der Waals surface area contributed by atoms with E-state index in [4.69, 9.17) is 5.73 Å². The molecule has 0 radical (unpaired) electrons. The van der Waals surface area contributed by atoms with Crippen LogP contribution in [0.1, 0.15) is 11.3 Å². The van der Waals surface area contributed by atoms with Gasteiger partial charge >= 0.3 is 0 Å². The Labute approximate surface area is 112 Å². The van der Waals surface area contributed by atoms with Gasteiger partial charge in [-0.2, -0.15) is 0 Å². The molecule has 1 aromatic carbocycles. The highest BCUT2D eigenvalue weighted by molar-refractivity contribution is 5.54. The molecule has 0 aliphatic rings. The van der Waals surface area contributed by atoms with Crippen LogP contribution in [-0.2, 0) is 13.0 Å². The lowest BCUT2D eigenvalue weighted by atomic mass is 10.1. The zero-order valence-electron chi connectivity index (χ0n) is 11.0. The van der Waals surface area contributed by atoms with Gasteiger partial charge in [0.25, 0.3) is 0 Å². The molecule has 4 heteroatoms. The zero-order valence-corrected chi connectivity index (χ0v) is 11.0. The maximum absolute atomic E-state index is 14.0. The largest absolute Gasteiger partial charge is 0.366 e. The molecule has 0 aliphatic heterocycles. The first-order chi connectivity index (χ1) is 9.22. The van der Waals surface area contributed by atoms with E-state index in [0.29, 0.717) is 25.2 Å². The lowest BCUT2D eigenvalue weighted by Crippen LogP contribution is -2.21. The lowest BCUT2D eigenvalue weighted by Gasteiger charge is -2.22. The fraction of sp³-hybridized carbons (Fsp3) is 0.267. The van der Waals surface area contributed by atoms with Crippen LogP contribution in [0.3, 0.4) is 0 Å². The Kier molecular flexibility index (Phi) is 4.47. The Balaban J connectivity index is 2.25. The topological polar surface area (TPSA) is 42.2 Å². The summed E-state index contributed by atoms with van der Waals surface area (Å²) in [6.45, 7) is 1.08. The summed E-state index contributed by atoms with van der Waals surface area (Å²) in [6, 6.07) is 10.8. The predicted octanol–water partition coefficient (Wildman–Crippen LogP) is 2.36. The molecule has 0 amide bonds. The molecular formula is C15H18FN3. The minimum Gasteiger partial charge on any atom is -0.366 e. The molecule has 2 aromatic rings. The number of pyridine rings is 1. The van der Waals surface area contributed by atoms with E-state index in [-0.39, 0.29) is 5.82 Å². The summed E-state index contributed by atoms with van der Waals surface area (Å²) in [5.74, 6) is -0.218. The van der Waals surface area contributed by atoms with Crippen LogP contribution < -0.4 is 10.6 Å². The van der Waals surface area contributed by atoms with Crippen molar-refractivity contribution >= 4 is 5.69 Å². The summed E-state index contributed by atoms with van der Waals surface area (Å²) in [4.78, 5) is 6.14. The smallest absolute Gasteiger partial charge is 0.146 e. The quantitative estimate of drug-likeness (QED) is 0.896. The molecule has 0 saturated carbocycles. The second-order valence-corrected chi connectivity index (χ2v) is 4.46. The molecule has 3 nitrogen and oxygen atoms in total. The SMILES string of the molecule is CN(Cc1ccccn1)c1c(F)cccc1CCN. The maximum atomic E-state index is 14.0. The van der Waals surface area contributed by atoms with Crippen molar-refractivity contribution in [3.8, 4) is 0 Å². The van der Waals surface area contributed by atoms with Crippen LogP contribution in [0.5, 0.6) is 0 Å². The van der Waals surface area contributed by atoms with Crippen LogP contribution in [0.4, 0.5) is 10.1 Å². The van der Waals surface area contributed by atoms with E-state index < -0.39 is 0 Å². The number of nitrogens with two attached hydrogens (primary N) is 1. The van der Waals surface area contributed by atoms with Gasteiger partial charge in [0.1, 0.15) is 5.82 Å². The monoisotopic (exact) mass is 259 g/mol. The normalized spacial score (nSPS) is 10.5. The van der Waals surface area contributed by atoms with Gasteiger partial charge in [-0.25, -0.2) is 4.39 Å². The molecule has 1 aromatic heterocycles. The van der Waals surface area contributed by atoms with Crippen molar-refractivity contribution in [3.63, 3.8) is 0 Å². The van der Waals surface area contributed by atoms with E-state index in [1.165, 1.54) is 6.07 Å². The molecule has 2 N–H and O–H groups in total. The van der Waals surface area contributed by atoms with E-state index >= 15 is 0 Å². The standard InChI is InChI=1S/C15H18FN3/c1-19(11-13-6-2-3-10-18-13)15-12(8-9-17)5-4-7-14(15)16/h2-7,10H,8-9,11,17H2,1H3. The van der Waals surface area contributed by atoms with Gasteiger partial charge in [0, 0.05) is 13.2 Å². The van der Waals surface area contributed by atoms with Crippen molar-refractivity contribution in [1.82, 2.24) is 4.98 Å². The van der Waals surface area contributed by atoms with Crippen LogP contribution >= 0.6 is 0 Å². The first-order valence-electron chi connectivity index (χ1n) is 6.31. The Morgan fingerprint density at radius 2 is 2.05 bits per heavy atom. The van der Waals surface area contributed by atoms with Gasteiger partial charge < -0.3 is 10.6 Å². The van der Waals surface area contributed by atoms with Crippen LogP contribution in [-0.4, -0.2) is 18.6 Å². The molecule has 0 aliphatic carbocycles. The first kappa shape index (κ1) is 13.5. The van der Waals surface area contributed by atoms with Gasteiger partial charge in [-0.15, -0.1) is 0 Å². The van der Waals surface area contributed by atoms with Crippen molar-refractivity contribution < 1.29 is 4.39 Å². The molecule has 0 fully saturated rings. The van der Waals surface area contributed by atoms with Crippen LogP contribution in [0, 0.1) is 5.82 Å². The number of hydrogen-bond acceptors (Lipinski definition) is 3. The van der Waals surface area contributed by atoms with Gasteiger partial charge in [0.05, 0.1) is 17.9 Å². The number of hydrogen-bond donors (Lipinski definition) is 1. The van der Waals surface area contributed by atoms with Crippen LogP contribution in [0.15, 0.2) is 42.6 Å². The highest BCUT2D eigenvalue weighted by Crippen LogP contribution is 2.24. The van der Waals surface area contributed by atoms with Crippen LogP contribution in [0.25, 0.3) is 0 Å². The van der Waals surface area contributed by atoms with E-state index in [1.54, 1.807) is 12.3 Å². The average molecular weight is 259 g/mol. The average Bonchev–Trinajstić information content (AvgIpc) is 2.40. The number of nitrogens with zero attached hydrogens (tertiary/aromatic N) is 2. The van der Waals surface area contributed by atoms with Gasteiger partial charge in [0.2, 0.25) is 0 Å². The number of rotatable bonds is 5. The van der Waals surface area contributed by atoms with E-state index in [0.717, 1.165) is 11.3 Å². The third-order valence-corrected chi connectivity index (χ3v) is 2.99. The molecular weight excluding hydrogens is 241 g/mol. The van der Waals surface area contributed by atoms with Crippen molar-refractivity contribution in [3.05, 3.63) is 59.7 Å². The van der Waals surface area contributed by atoms with E-state index in [9.17, 15) is 4.39 Å². The highest BCUT2D eigenvalue weighted by atomic mass is 19.1. The summed E-state index contributed by atoms with van der Waals surface area (Å²) in [5, 5.41) is 0. The molecule has 0 atom stereocenters. The fourth-order valence-corrected chi connectivity index (χ4v) is 2.16. The molecule has 0 saturated heterocycles. The Morgan fingerprint density at radius 1 is 1.21 bits per heavy atom. The van der Waals surface area contributed by atoms with Gasteiger partial charge in [-0.1, -0.05) is 18.2 Å². The number of halogens is 1. The fourth-order valence-electron chi connectivity index (χ4n) is 2.16. The lowest BCUT2D eigenvalue weighted by molar-refractivity contribution is 0.619. The molecule has 1 heterocycles. The summed E-state index contributed by atoms with van der Waals surface area (Å²) in [6.07, 6.45) is 2.41. The maximum Gasteiger partial charge on any atom is 0.146 e. The Morgan fingerprint density at radius 3 is 2.74 bits per heavy atom. The highest BCUT2D eigenvalue weighted by Gasteiger charge is 2.13. The molecule has 19 heavy (non-hydrogen) atoms. The van der Waals surface area contributed by atoms with Crippen molar-refractivity contribution in [2.45, 2.75) is 13.0 Å². The van der Waals surface area contributed by atoms with Crippen molar-refractivity contribution in [2.24, 2.45) is 5.73 Å². The number of benzene rings is 1. The van der Waals surface area contributed by atoms with Gasteiger partial charge in [-0.3, -0.25) is 4.98 Å². The second kappa shape index (κ2) is 6.29. The Bertz CT molecular complexity index is 528. The third kappa shape index (κ3) is 3.29. The first-order valence-corrected chi connectivity index (χ1v) is 6.31. The Hall–Kier alpha value is -1.94. The van der Waals surface area contributed by atoms with E-state index in [1.807, 2.05) is 36.2 Å². The molecule has 0 spiro atoms. The van der Waals surface area contributed by atoms with Crippen molar-refractivity contribution in [1.29, 1.82) is 0 Å². The molecule has 0 unspecified atom stereocenters. The number of aromatic nitrogens is 1. The zero-order chi connectivity index (χ0) is 13.7. The van der Waals surface area contributed by atoms with Gasteiger partial charge in [-0.05, 0) is 36.7 Å². The molecule has 0 bridgehead atoms. The predicted molar refractivity (Wildman–Crippen MR) is 75.5 cm³/mol. The summed E-state index contributed by atoms with van der Waals surface area (Å²) < 4.78 is 14.0. The second-order valence-electron chi connectivity index (χ2n) is 4.46. The van der Waals surface area contributed by atoms with Crippen LogP contribution in [0.2, 0.25) is 0 Å². The summed E-state index contributed by atoms with van der Waals surface area (Å²) in [5.41, 5.74) is 8.03. The number of anilines is 1. The minimum absolute atomic E-state index is 0.218. The summed E-state index contributed by atoms with van der Waals surface area (Å²) in [7, 11) is 1.87. The molecule has 100 valence electrons. The van der Waals surface area contributed by atoms with E-state index in [2.05, 4.69) is 4.98 Å². The summed E-state index contributed by atoms with van der Waals surface area (Å²) >= 11 is 0.